The minimum Gasteiger partial charge on any atom is -0.444 e. The summed E-state index contributed by atoms with van der Waals surface area (Å²) in [4.78, 5) is 16.5. The van der Waals surface area contributed by atoms with Gasteiger partial charge in [-0.05, 0) is 50.9 Å². The van der Waals surface area contributed by atoms with Gasteiger partial charge in [0.2, 0.25) is 11.8 Å². The molecule has 0 radical (unpaired) electrons. The van der Waals surface area contributed by atoms with Gasteiger partial charge in [0.1, 0.15) is 6.26 Å². The van der Waals surface area contributed by atoms with Crippen molar-refractivity contribution < 1.29 is 9.21 Å². The number of aryl methyl sites for hydroxylation is 2. The monoisotopic (exact) mass is 321 g/mol. The van der Waals surface area contributed by atoms with Gasteiger partial charge < -0.3 is 15.1 Å². The number of oxazole rings is 1. The molecule has 1 aromatic carbocycles. The molecular formula is C16H20ClN3O2. The number of hydrogen-bond donors (Lipinski definition) is 2. The van der Waals surface area contributed by atoms with E-state index >= 15 is 0 Å². The number of carbonyl (C=O) groups excluding carboxylic acids is 1. The normalized spacial score (nSPS) is 17.1. The van der Waals surface area contributed by atoms with Crippen LogP contribution in [0.2, 0.25) is 0 Å². The second kappa shape index (κ2) is 6.94. The van der Waals surface area contributed by atoms with Gasteiger partial charge in [-0.15, -0.1) is 12.4 Å². The van der Waals surface area contributed by atoms with Crippen molar-refractivity contribution >= 4 is 24.0 Å². The number of anilines is 1. The van der Waals surface area contributed by atoms with E-state index in [9.17, 15) is 4.79 Å². The quantitative estimate of drug-likeness (QED) is 0.911. The van der Waals surface area contributed by atoms with Crippen molar-refractivity contribution in [3.8, 4) is 11.5 Å². The molecule has 6 heteroatoms. The Balaban J connectivity index is 0.00000176. The van der Waals surface area contributed by atoms with Crippen molar-refractivity contribution in [3.63, 3.8) is 0 Å². The van der Waals surface area contributed by atoms with Crippen molar-refractivity contribution in [1.82, 2.24) is 10.3 Å². The van der Waals surface area contributed by atoms with Gasteiger partial charge >= 0.3 is 0 Å². The van der Waals surface area contributed by atoms with E-state index in [1.165, 1.54) is 0 Å². The molecule has 2 heterocycles. The fourth-order valence-electron chi connectivity index (χ4n) is 2.55. The van der Waals surface area contributed by atoms with Crippen LogP contribution in [0.25, 0.3) is 11.5 Å². The predicted octanol–water partition coefficient (Wildman–Crippen LogP) is 3.07. The molecule has 0 aliphatic carbocycles. The summed E-state index contributed by atoms with van der Waals surface area (Å²) >= 11 is 0. The Morgan fingerprint density at radius 1 is 1.41 bits per heavy atom. The Hall–Kier alpha value is -1.85. The number of hydrogen-bond acceptors (Lipinski definition) is 4. The molecule has 2 aromatic rings. The highest BCUT2D eigenvalue weighted by Crippen LogP contribution is 2.26. The van der Waals surface area contributed by atoms with Crippen LogP contribution in [-0.2, 0) is 4.79 Å². The van der Waals surface area contributed by atoms with E-state index in [1.54, 1.807) is 6.26 Å². The highest BCUT2D eigenvalue weighted by Gasteiger charge is 2.22. The van der Waals surface area contributed by atoms with Crippen LogP contribution in [0.4, 0.5) is 5.69 Å². The number of aromatic nitrogens is 1. The molecule has 1 atom stereocenters. The summed E-state index contributed by atoms with van der Waals surface area (Å²) in [6.45, 7) is 4.80. The summed E-state index contributed by atoms with van der Waals surface area (Å²) in [5, 5.41) is 6.15. The lowest BCUT2D eigenvalue weighted by Crippen LogP contribution is -2.35. The third-order valence-corrected chi connectivity index (χ3v) is 3.73. The minimum absolute atomic E-state index is 0. The van der Waals surface area contributed by atoms with E-state index in [2.05, 4.69) is 15.6 Å². The third-order valence-electron chi connectivity index (χ3n) is 3.73. The van der Waals surface area contributed by atoms with Gasteiger partial charge in [0.05, 0.1) is 11.7 Å². The highest BCUT2D eigenvalue weighted by molar-refractivity contribution is 5.95. The summed E-state index contributed by atoms with van der Waals surface area (Å²) < 4.78 is 5.45. The zero-order chi connectivity index (χ0) is 14.8. The van der Waals surface area contributed by atoms with Crippen molar-refractivity contribution in [2.45, 2.75) is 32.7 Å². The maximum Gasteiger partial charge on any atom is 0.241 e. The lowest BCUT2D eigenvalue weighted by Gasteiger charge is -2.12. The van der Waals surface area contributed by atoms with Gasteiger partial charge in [0.15, 0.2) is 0 Å². The molecule has 1 aliphatic heterocycles. The molecule has 1 unspecified atom stereocenters. The highest BCUT2D eigenvalue weighted by atomic mass is 35.5. The molecule has 1 amide bonds. The van der Waals surface area contributed by atoms with Crippen LogP contribution in [0, 0.1) is 13.8 Å². The number of amides is 1. The zero-order valence-electron chi connectivity index (χ0n) is 12.7. The van der Waals surface area contributed by atoms with Crippen LogP contribution >= 0.6 is 12.4 Å². The first-order valence-corrected chi connectivity index (χ1v) is 7.21. The Bertz CT molecular complexity index is 663. The minimum atomic E-state index is -0.0845. The first-order chi connectivity index (χ1) is 10.1. The fraction of sp³-hybridized carbons (Fsp3) is 0.375. The van der Waals surface area contributed by atoms with Crippen LogP contribution < -0.4 is 10.6 Å². The van der Waals surface area contributed by atoms with E-state index in [0.29, 0.717) is 5.89 Å². The lowest BCUT2D eigenvalue weighted by molar-refractivity contribution is -0.117. The van der Waals surface area contributed by atoms with Crippen molar-refractivity contribution in [3.05, 3.63) is 35.7 Å². The molecule has 0 saturated carbocycles. The van der Waals surface area contributed by atoms with Crippen molar-refractivity contribution in [2.24, 2.45) is 0 Å². The Morgan fingerprint density at radius 2 is 2.23 bits per heavy atom. The number of benzene rings is 1. The van der Waals surface area contributed by atoms with Crippen molar-refractivity contribution in [2.75, 3.05) is 11.9 Å². The first kappa shape index (κ1) is 16.5. The number of carbonyl (C=O) groups is 1. The standard InChI is InChI=1S/C16H19N3O2.ClH/c1-10-5-6-12(19-15(20)14-4-3-7-17-14)8-13(10)16-18-11(2)9-21-16;/h5-6,8-9,14,17H,3-4,7H2,1-2H3,(H,19,20);1H. The van der Waals surface area contributed by atoms with Gasteiger partial charge in [-0.3, -0.25) is 4.79 Å². The summed E-state index contributed by atoms with van der Waals surface area (Å²) in [7, 11) is 0. The lowest BCUT2D eigenvalue weighted by atomic mass is 10.1. The Kier molecular flexibility index (Phi) is 5.21. The summed E-state index contributed by atoms with van der Waals surface area (Å²) in [6, 6.07) is 5.69. The van der Waals surface area contributed by atoms with Gasteiger partial charge in [0.25, 0.3) is 0 Å². The molecule has 2 N–H and O–H groups in total. The summed E-state index contributed by atoms with van der Waals surface area (Å²) in [6.07, 6.45) is 3.57. The largest absolute Gasteiger partial charge is 0.444 e. The van der Waals surface area contributed by atoms with E-state index in [-0.39, 0.29) is 24.4 Å². The summed E-state index contributed by atoms with van der Waals surface area (Å²) in [5.74, 6) is 0.603. The number of rotatable bonds is 3. The smallest absolute Gasteiger partial charge is 0.241 e. The molecular weight excluding hydrogens is 302 g/mol. The van der Waals surface area contributed by atoms with Gasteiger partial charge in [-0.1, -0.05) is 6.07 Å². The zero-order valence-corrected chi connectivity index (χ0v) is 13.5. The van der Waals surface area contributed by atoms with Gasteiger partial charge in [-0.25, -0.2) is 4.98 Å². The molecule has 1 aromatic heterocycles. The molecule has 0 bridgehead atoms. The molecule has 0 spiro atoms. The Labute approximate surface area is 135 Å². The Morgan fingerprint density at radius 3 is 2.86 bits per heavy atom. The van der Waals surface area contributed by atoms with E-state index in [1.807, 2.05) is 32.0 Å². The van der Waals surface area contributed by atoms with Gasteiger partial charge in [-0.2, -0.15) is 0 Å². The van der Waals surface area contributed by atoms with Crippen molar-refractivity contribution in [1.29, 1.82) is 0 Å². The van der Waals surface area contributed by atoms with Crippen LogP contribution in [0.1, 0.15) is 24.1 Å². The molecule has 118 valence electrons. The second-order valence-corrected chi connectivity index (χ2v) is 5.46. The average molecular weight is 322 g/mol. The predicted molar refractivity (Wildman–Crippen MR) is 88.3 cm³/mol. The average Bonchev–Trinajstić information content (AvgIpc) is 3.12. The molecule has 5 nitrogen and oxygen atoms in total. The maximum atomic E-state index is 12.1. The molecule has 1 aliphatic rings. The number of nitrogens with one attached hydrogen (secondary N) is 2. The second-order valence-electron chi connectivity index (χ2n) is 5.46. The fourth-order valence-corrected chi connectivity index (χ4v) is 2.55. The summed E-state index contributed by atoms with van der Waals surface area (Å²) in [5.41, 5.74) is 3.58. The van der Waals surface area contributed by atoms with Crippen LogP contribution in [0.5, 0.6) is 0 Å². The topological polar surface area (TPSA) is 67.2 Å². The van der Waals surface area contributed by atoms with E-state index < -0.39 is 0 Å². The molecule has 1 saturated heterocycles. The third kappa shape index (κ3) is 3.48. The van der Waals surface area contributed by atoms with Crippen LogP contribution in [-0.4, -0.2) is 23.5 Å². The number of nitrogens with zero attached hydrogens (tertiary/aromatic N) is 1. The number of halogens is 1. The maximum absolute atomic E-state index is 12.1. The first-order valence-electron chi connectivity index (χ1n) is 7.21. The molecule has 22 heavy (non-hydrogen) atoms. The van der Waals surface area contributed by atoms with E-state index in [4.69, 9.17) is 4.42 Å². The van der Waals surface area contributed by atoms with Crippen LogP contribution in [0.3, 0.4) is 0 Å². The van der Waals surface area contributed by atoms with Crippen LogP contribution in [0.15, 0.2) is 28.9 Å². The van der Waals surface area contributed by atoms with E-state index in [0.717, 1.165) is 41.9 Å². The van der Waals surface area contributed by atoms with Gasteiger partial charge in [0, 0.05) is 11.3 Å². The molecule has 1 fully saturated rings. The SMILES string of the molecule is Cc1coc(-c2cc(NC(=O)C3CCCN3)ccc2C)n1.Cl. The molecule has 3 rings (SSSR count).